The fraction of sp³-hybridized carbons (Fsp3) is 0.542. The number of rotatable bonds is 3. The molecule has 0 radical (unpaired) electrons. The summed E-state index contributed by atoms with van der Waals surface area (Å²) in [6.45, 7) is 6.18. The van der Waals surface area contributed by atoms with Crippen molar-refractivity contribution in [3.8, 4) is 11.3 Å². The number of amides is 1. The first-order chi connectivity index (χ1) is 14.5. The van der Waals surface area contributed by atoms with Crippen LogP contribution in [-0.4, -0.2) is 34.1 Å². The third-order valence-corrected chi connectivity index (χ3v) is 7.71. The number of hydrogen-bond donors (Lipinski definition) is 2. The Morgan fingerprint density at radius 3 is 2.73 bits per heavy atom. The molecular weight excluding hydrogens is 376 g/mol. The number of para-hydroxylation sites is 1. The van der Waals surface area contributed by atoms with Gasteiger partial charge in [-0.05, 0) is 43.1 Å². The lowest BCUT2D eigenvalue weighted by molar-refractivity contribution is -0.115. The predicted octanol–water partition coefficient (Wildman–Crippen LogP) is 3.85. The summed E-state index contributed by atoms with van der Waals surface area (Å²) in [5.41, 5.74) is 5.37. The number of nitrogens with one attached hydrogen (secondary N) is 1. The largest absolute Gasteiger partial charge is 0.390 e. The summed E-state index contributed by atoms with van der Waals surface area (Å²) >= 11 is 0. The van der Waals surface area contributed by atoms with Gasteiger partial charge in [-0.2, -0.15) is 0 Å². The van der Waals surface area contributed by atoms with Crippen LogP contribution in [0.1, 0.15) is 56.0 Å². The van der Waals surface area contributed by atoms with Crippen LogP contribution in [0.5, 0.6) is 0 Å². The van der Waals surface area contributed by atoms with Gasteiger partial charge in [0.1, 0.15) is 5.69 Å². The van der Waals surface area contributed by atoms with Gasteiger partial charge in [-0.15, -0.1) is 0 Å². The van der Waals surface area contributed by atoms with Gasteiger partial charge in [0, 0.05) is 18.7 Å². The van der Waals surface area contributed by atoms with Gasteiger partial charge in [0.05, 0.1) is 30.1 Å². The van der Waals surface area contributed by atoms with Crippen LogP contribution < -0.4 is 10.2 Å². The van der Waals surface area contributed by atoms with Crippen LogP contribution in [0.3, 0.4) is 0 Å². The Morgan fingerprint density at radius 1 is 1.23 bits per heavy atom. The van der Waals surface area contributed by atoms with Gasteiger partial charge in [-0.3, -0.25) is 4.79 Å². The van der Waals surface area contributed by atoms with Gasteiger partial charge in [0.2, 0.25) is 5.91 Å². The Morgan fingerprint density at radius 2 is 2.03 bits per heavy atom. The van der Waals surface area contributed by atoms with Crippen LogP contribution in [0.2, 0.25) is 0 Å². The molecule has 2 aliphatic heterocycles. The van der Waals surface area contributed by atoms with Crippen molar-refractivity contribution in [2.45, 2.75) is 59.0 Å². The molecule has 1 saturated carbocycles. The molecule has 2 fully saturated rings. The molecule has 2 aromatic rings. The minimum absolute atomic E-state index is 0.00505. The minimum atomic E-state index is -0.144. The quantitative estimate of drug-likeness (QED) is 0.810. The molecular formula is C24H30N4O2. The number of nitrogens with zero attached hydrogens (tertiary/aromatic N) is 3. The molecule has 5 rings (SSSR count). The van der Waals surface area contributed by atoms with Crippen molar-refractivity contribution in [3.63, 3.8) is 0 Å². The summed E-state index contributed by atoms with van der Waals surface area (Å²) in [6.07, 6.45) is 6.85. The first kappa shape index (κ1) is 19.5. The first-order valence-electron chi connectivity index (χ1n) is 11.2. The summed E-state index contributed by atoms with van der Waals surface area (Å²) in [6, 6.07) is 5.89. The van der Waals surface area contributed by atoms with E-state index in [2.05, 4.69) is 17.1 Å². The predicted molar refractivity (Wildman–Crippen MR) is 117 cm³/mol. The standard InChI is InChI=1S/C24H30N4O2/c1-15-5-4-8-24(15)9-11-28(12-10-24)23-19(14-29)26-21(16(2)25-23)18-7-3-6-17-13-20(30)27-22(17)18/h3,6-7,15,29H,4-5,8-14H2,1-2H3,(H,27,30)/t15-/m1/s1. The highest BCUT2D eigenvalue weighted by Gasteiger charge is 2.42. The van der Waals surface area contributed by atoms with Crippen LogP contribution in [0, 0.1) is 18.3 Å². The van der Waals surface area contributed by atoms with E-state index in [1.54, 1.807) is 0 Å². The molecule has 3 heterocycles. The van der Waals surface area contributed by atoms with Crippen LogP contribution in [-0.2, 0) is 17.8 Å². The summed E-state index contributed by atoms with van der Waals surface area (Å²) in [5.74, 6) is 1.63. The lowest BCUT2D eigenvalue weighted by Gasteiger charge is -2.43. The SMILES string of the molecule is Cc1nc(N2CCC3(CCC[C@H]3C)CC2)c(CO)nc1-c1cccc2c1NC(=O)C2. The number of aliphatic hydroxyl groups is 1. The zero-order valence-electron chi connectivity index (χ0n) is 17.9. The van der Waals surface area contributed by atoms with Crippen molar-refractivity contribution in [2.75, 3.05) is 23.3 Å². The molecule has 6 heteroatoms. The van der Waals surface area contributed by atoms with E-state index in [1.807, 2.05) is 25.1 Å². The average Bonchev–Trinajstić information content (AvgIpc) is 3.30. The Labute approximate surface area is 177 Å². The molecule has 1 saturated heterocycles. The third kappa shape index (κ3) is 3.09. The van der Waals surface area contributed by atoms with Gasteiger partial charge in [0.25, 0.3) is 0 Å². The van der Waals surface area contributed by atoms with E-state index in [0.717, 1.165) is 53.0 Å². The highest BCUT2D eigenvalue weighted by molar-refractivity contribution is 6.03. The van der Waals surface area contributed by atoms with Crippen LogP contribution >= 0.6 is 0 Å². The van der Waals surface area contributed by atoms with Gasteiger partial charge in [0.15, 0.2) is 5.82 Å². The second-order valence-corrected chi connectivity index (χ2v) is 9.29. The molecule has 1 aromatic heterocycles. The average molecular weight is 407 g/mol. The van der Waals surface area contributed by atoms with E-state index in [0.29, 0.717) is 17.5 Å². The number of benzene rings is 1. The first-order valence-corrected chi connectivity index (χ1v) is 11.2. The molecule has 1 atom stereocenters. The van der Waals surface area contributed by atoms with Crippen molar-refractivity contribution in [1.82, 2.24) is 9.97 Å². The second-order valence-electron chi connectivity index (χ2n) is 9.29. The van der Waals surface area contributed by atoms with E-state index in [9.17, 15) is 9.90 Å². The molecule has 1 amide bonds. The third-order valence-electron chi connectivity index (χ3n) is 7.71. The molecule has 0 unspecified atom stereocenters. The van der Waals surface area contributed by atoms with E-state index < -0.39 is 0 Å². The van der Waals surface area contributed by atoms with Gasteiger partial charge < -0.3 is 15.3 Å². The molecule has 1 spiro atoms. The smallest absolute Gasteiger partial charge is 0.228 e. The van der Waals surface area contributed by atoms with Crippen molar-refractivity contribution in [3.05, 3.63) is 35.2 Å². The van der Waals surface area contributed by atoms with Gasteiger partial charge in [-0.25, -0.2) is 9.97 Å². The number of piperidine rings is 1. The number of carbonyl (C=O) groups excluding carboxylic acids is 1. The number of fused-ring (bicyclic) bond motifs is 1. The monoisotopic (exact) mass is 406 g/mol. The Balaban J connectivity index is 1.46. The highest BCUT2D eigenvalue weighted by atomic mass is 16.3. The Bertz CT molecular complexity index is 995. The lowest BCUT2D eigenvalue weighted by Crippen LogP contribution is -2.42. The zero-order chi connectivity index (χ0) is 20.9. The van der Waals surface area contributed by atoms with Crippen molar-refractivity contribution in [2.24, 2.45) is 11.3 Å². The van der Waals surface area contributed by atoms with E-state index in [4.69, 9.17) is 9.97 Å². The zero-order valence-corrected chi connectivity index (χ0v) is 17.9. The number of aromatic nitrogens is 2. The maximum Gasteiger partial charge on any atom is 0.228 e. The van der Waals surface area contributed by atoms with E-state index >= 15 is 0 Å². The molecule has 2 N–H and O–H groups in total. The molecule has 1 aliphatic carbocycles. The molecule has 1 aromatic carbocycles. The van der Waals surface area contributed by atoms with Crippen molar-refractivity contribution < 1.29 is 9.90 Å². The number of aryl methyl sites for hydroxylation is 1. The van der Waals surface area contributed by atoms with Crippen LogP contribution in [0.15, 0.2) is 18.2 Å². The van der Waals surface area contributed by atoms with Gasteiger partial charge in [-0.1, -0.05) is 38.0 Å². The highest BCUT2D eigenvalue weighted by Crippen LogP contribution is 2.50. The molecule has 6 nitrogen and oxygen atoms in total. The molecule has 158 valence electrons. The van der Waals surface area contributed by atoms with Crippen molar-refractivity contribution >= 4 is 17.4 Å². The molecule has 30 heavy (non-hydrogen) atoms. The maximum absolute atomic E-state index is 11.9. The minimum Gasteiger partial charge on any atom is -0.390 e. The maximum atomic E-state index is 11.9. The Hall–Kier alpha value is -2.47. The summed E-state index contributed by atoms with van der Waals surface area (Å²) in [7, 11) is 0. The number of carbonyl (C=O) groups is 1. The number of hydrogen-bond acceptors (Lipinski definition) is 5. The summed E-state index contributed by atoms with van der Waals surface area (Å²) in [4.78, 5) is 23.9. The summed E-state index contributed by atoms with van der Waals surface area (Å²) in [5, 5.41) is 13.1. The fourth-order valence-corrected chi connectivity index (χ4v) is 5.83. The molecule has 3 aliphatic rings. The van der Waals surface area contributed by atoms with Gasteiger partial charge >= 0.3 is 0 Å². The lowest BCUT2D eigenvalue weighted by atomic mass is 9.71. The van der Waals surface area contributed by atoms with Crippen LogP contribution in [0.25, 0.3) is 11.3 Å². The number of anilines is 2. The Kier molecular flexibility index (Phi) is 4.77. The topological polar surface area (TPSA) is 78.3 Å². The van der Waals surface area contributed by atoms with Crippen molar-refractivity contribution in [1.29, 1.82) is 0 Å². The molecule has 0 bridgehead atoms. The normalized spacial score (nSPS) is 22.4. The summed E-state index contributed by atoms with van der Waals surface area (Å²) < 4.78 is 0. The fourth-order valence-electron chi connectivity index (χ4n) is 5.83. The van der Waals surface area contributed by atoms with Crippen LogP contribution in [0.4, 0.5) is 11.5 Å². The number of aliphatic hydroxyl groups excluding tert-OH is 1. The second kappa shape index (κ2) is 7.34. The van der Waals surface area contributed by atoms with E-state index in [-0.39, 0.29) is 12.5 Å². The van der Waals surface area contributed by atoms with E-state index in [1.165, 1.54) is 32.1 Å².